The molecule has 0 bridgehead atoms. The molecule has 0 radical (unpaired) electrons. The molecule has 0 aromatic heterocycles. The zero-order valence-electron chi connectivity index (χ0n) is 18.8. The predicted molar refractivity (Wildman–Crippen MR) is 122 cm³/mol. The highest BCUT2D eigenvalue weighted by Crippen LogP contribution is 2.37. The fraction of sp³-hybridized carbons (Fsp3) is 0.522. The summed E-state index contributed by atoms with van der Waals surface area (Å²) < 4.78 is 44.8. The van der Waals surface area contributed by atoms with Gasteiger partial charge in [0.15, 0.2) is 5.17 Å². The van der Waals surface area contributed by atoms with Crippen molar-refractivity contribution in [2.45, 2.75) is 50.6 Å². The summed E-state index contributed by atoms with van der Waals surface area (Å²) in [5, 5.41) is 2.73. The molecule has 2 fully saturated rings. The van der Waals surface area contributed by atoms with E-state index in [2.05, 4.69) is 10.3 Å². The van der Waals surface area contributed by atoms with Crippen molar-refractivity contribution < 1.29 is 27.5 Å². The number of hydrogen-bond donors (Lipinski definition) is 1. The van der Waals surface area contributed by atoms with Gasteiger partial charge in [0, 0.05) is 18.7 Å². The second kappa shape index (κ2) is 10.6. The van der Waals surface area contributed by atoms with Crippen LogP contribution in [0.25, 0.3) is 0 Å². The van der Waals surface area contributed by atoms with Crippen LogP contribution in [0.2, 0.25) is 0 Å². The number of carbonyl (C=O) groups is 2. The minimum absolute atomic E-state index is 0.0502. The second-order valence-corrected chi connectivity index (χ2v) is 9.49. The first-order valence-corrected chi connectivity index (χ1v) is 11.7. The van der Waals surface area contributed by atoms with E-state index in [0.29, 0.717) is 30.3 Å². The number of benzene rings is 1. The molecule has 2 aliphatic heterocycles. The van der Waals surface area contributed by atoms with Gasteiger partial charge in [0.05, 0.1) is 30.2 Å². The van der Waals surface area contributed by atoms with E-state index in [1.54, 1.807) is 24.8 Å². The predicted octanol–water partition coefficient (Wildman–Crippen LogP) is 4.53. The van der Waals surface area contributed by atoms with E-state index in [4.69, 9.17) is 4.74 Å². The number of nitrogens with zero attached hydrogens (tertiary/aromatic N) is 2. The molecular formula is C23H28F3N3O3S. The lowest BCUT2D eigenvalue weighted by molar-refractivity contribution is -0.138. The molecule has 33 heavy (non-hydrogen) atoms. The van der Waals surface area contributed by atoms with Gasteiger partial charge in [0.2, 0.25) is 5.91 Å². The number of thioether (sulfide) groups is 1. The van der Waals surface area contributed by atoms with Gasteiger partial charge in [-0.3, -0.25) is 14.6 Å². The Labute approximate surface area is 195 Å². The lowest BCUT2D eigenvalue weighted by atomic mass is 9.91. The molecule has 0 spiro atoms. The number of aliphatic imine (C=N–C) groups is 1. The number of halogens is 3. The maximum Gasteiger partial charge on any atom is 0.416 e. The van der Waals surface area contributed by atoms with E-state index in [1.165, 1.54) is 37.3 Å². The van der Waals surface area contributed by atoms with Crippen LogP contribution >= 0.6 is 11.8 Å². The van der Waals surface area contributed by atoms with Gasteiger partial charge >= 0.3 is 6.18 Å². The van der Waals surface area contributed by atoms with Crippen molar-refractivity contribution in [3.8, 4) is 0 Å². The van der Waals surface area contributed by atoms with Crippen molar-refractivity contribution in [3.63, 3.8) is 0 Å². The van der Waals surface area contributed by atoms with E-state index in [1.807, 2.05) is 0 Å². The zero-order chi connectivity index (χ0) is 24.2. The number of nitrogens with one attached hydrogen (secondary N) is 1. The van der Waals surface area contributed by atoms with Crippen LogP contribution in [-0.4, -0.2) is 47.3 Å². The molecule has 2 atom stereocenters. The maximum atomic E-state index is 13.3. The maximum absolute atomic E-state index is 13.3. The monoisotopic (exact) mass is 483 g/mol. The summed E-state index contributed by atoms with van der Waals surface area (Å²) in [5.74, 6) is 0.0602. The Morgan fingerprint density at radius 3 is 2.64 bits per heavy atom. The van der Waals surface area contributed by atoms with Crippen LogP contribution < -0.4 is 5.32 Å². The van der Waals surface area contributed by atoms with Gasteiger partial charge in [-0.05, 0) is 50.7 Å². The molecular weight excluding hydrogens is 455 g/mol. The molecule has 6 nitrogen and oxygen atoms in total. The Balaban J connectivity index is 1.58. The highest BCUT2D eigenvalue weighted by atomic mass is 32.2. The van der Waals surface area contributed by atoms with Crippen molar-refractivity contribution in [1.29, 1.82) is 0 Å². The molecule has 0 saturated carbocycles. The molecule has 1 aromatic carbocycles. The fourth-order valence-corrected chi connectivity index (χ4v) is 5.32. The molecule has 0 aliphatic carbocycles. The first-order chi connectivity index (χ1) is 15.6. The first-order valence-electron chi connectivity index (χ1n) is 10.8. The molecule has 1 N–H and O–H groups in total. The minimum Gasteiger partial charge on any atom is -0.504 e. The van der Waals surface area contributed by atoms with Gasteiger partial charge < -0.3 is 15.0 Å². The molecule has 2 amide bonds. The van der Waals surface area contributed by atoms with Crippen LogP contribution in [0.5, 0.6) is 0 Å². The third-order valence-electron chi connectivity index (χ3n) is 5.88. The first kappa shape index (κ1) is 25.1. The highest BCUT2D eigenvalue weighted by molar-refractivity contribution is 8.15. The molecule has 10 heteroatoms. The number of alkyl halides is 3. The number of ether oxygens (including phenoxy) is 1. The number of piperidine rings is 1. The molecule has 2 heterocycles. The number of rotatable bonds is 6. The smallest absolute Gasteiger partial charge is 0.416 e. The lowest BCUT2D eigenvalue weighted by Gasteiger charge is -2.32. The van der Waals surface area contributed by atoms with E-state index in [9.17, 15) is 22.8 Å². The summed E-state index contributed by atoms with van der Waals surface area (Å²) in [6, 6.07) is 4.60. The van der Waals surface area contributed by atoms with Crippen LogP contribution in [0.4, 0.5) is 13.2 Å². The fourth-order valence-electron chi connectivity index (χ4n) is 4.14. The minimum atomic E-state index is -4.46. The Kier molecular flexibility index (Phi) is 8.10. The summed E-state index contributed by atoms with van der Waals surface area (Å²) in [7, 11) is 1.50. The Bertz CT molecular complexity index is 940. The van der Waals surface area contributed by atoms with Crippen molar-refractivity contribution in [3.05, 3.63) is 47.2 Å². The summed E-state index contributed by atoms with van der Waals surface area (Å²) in [6.45, 7) is 4.53. The number of hydrogen-bond acceptors (Lipinski definition) is 5. The molecule has 1 unspecified atom stereocenters. The number of amidine groups is 1. The Hall–Kier alpha value is -2.49. The molecule has 180 valence electrons. The molecule has 2 saturated heterocycles. The third kappa shape index (κ3) is 6.31. The van der Waals surface area contributed by atoms with E-state index < -0.39 is 17.8 Å². The van der Waals surface area contributed by atoms with Crippen LogP contribution in [0.3, 0.4) is 0 Å². The largest absolute Gasteiger partial charge is 0.504 e. The van der Waals surface area contributed by atoms with Crippen molar-refractivity contribution in [2.24, 2.45) is 10.9 Å². The standard InChI is InChI=1S/C23H28F3N3O3S/c1-14(13-32-3)21(31)29-10-8-16(9-11-29)12-19-20(30)28-22(33-19)27-15(2)17-6-4-5-7-18(17)23(24,25)26/h4-7,13,15-16,19H,8-12H2,1-3H3,(H,27,28,30)/b14-13+/t15-,19?/m0/s1. The SMILES string of the molecule is CO/C=C(\C)C(=O)N1CCC(CC2SC(=N[C@@H](C)c3ccccc3C(F)(F)F)NC2=O)CC1. The number of carbonyl (C=O) groups excluding carboxylic acids is 2. The highest BCUT2D eigenvalue weighted by Gasteiger charge is 2.36. The third-order valence-corrected chi connectivity index (χ3v) is 7.01. The Morgan fingerprint density at radius 2 is 2.00 bits per heavy atom. The summed E-state index contributed by atoms with van der Waals surface area (Å²) in [6.07, 6.45) is -0.814. The number of amides is 2. The van der Waals surface area contributed by atoms with Gasteiger partial charge in [0.1, 0.15) is 0 Å². The zero-order valence-corrected chi connectivity index (χ0v) is 19.6. The lowest BCUT2D eigenvalue weighted by Crippen LogP contribution is -2.39. The summed E-state index contributed by atoms with van der Waals surface area (Å²) in [5.41, 5.74) is -0.0981. The Morgan fingerprint density at radius 1 is 1.33 bits per heavy atom. The van der Waals surface area contributed by atoms with Crippen molar-refractivity contribution in [1.82, 2.24) is 10.2 Å². The van der Waals surface area contributed by atoms with Crippen LogP contribution in [0.1, 0.15) is 50.3 Å². The molecule has 1 aromatic rings. The molecule has 2 aliphatic rings. The van der Waals surface area contributed by atoms with E-state index >= 15 is 0 Å². The summed E-state index contributed by atoms with van der Waals surface area (Å²) in [4.78, 5) is 31.0. The average Bonchev–Trinajstić information content (AvgIpc) is 3.11. The molecule has 3 rings (SSSR count). The van der Waals surface area contributed by atoms with Gasteiger partial charge in [-0.15, -0.1) is 0 Å². The topological polar surface area (TPSA) is 71.0 Å². The van der Waals surface area contributed by atoms with Gasteiger partial charge in [-0.2, -0.15) is 13.2 Å². The van der Waals surface area contributed by atoms with Gasteiger partial charge in [-0.25, -0.2) is 0 Å². The summed E-state index contributed by atoms with van der Waals surface area (Å²) >= 11 is 1.27. The van der Waals surface area contributed by atoms with Crippen LogP contribution in [0.15, 0.2) is 41.1 Å². The van der Waals surface area contributed by atoms with Gasteiger partial charge in [-0.1, -0.05) is 30.0 Å². The normalized spacial score (nSPS) is 22.4. The van der Waals surface area contributed by atoms with Crippen LogP contribution in [-0.2, 0) is 20.5 Å². The average molecular weight is 484 g/mol. The number of likely N-dealkylation sites (tertiary alicyclic amines) is 1. The van der Waals surface area contributed by atoms with Crippen LogP contribution in [0, 0.1) is 5.92 Å². The second-order valence-electron chi connectivity index (χ2n) is 8.30. The van der Waals surface area contributed by atoms with E-state index in [-0.39, 0.29) is 28.5 Å². The van der Waals surface area contributed by atoms with Gasteiger partial charge in [0.25, 0.3) is 5.91 Å². The number of methoxy groups -OCH3 is 1. The quantitative estimate of drug-likeness (QED) is 0.477. The van der Waals surface area contributed by atoms with Crippen molar-refractivity contribution in [2.75, 3.05) is 20.2 Å². The van der Waals surface area contributed by atoms with Crippen molar-refractivity contribution >= 4 is 28.7 Å². The van der Waals surface area contributed by atoms with E-state index in [0.717, 1.165) is 18.9 Å².